The highest BCUT2D eigenvalue weighted by atomic mass is 19.4. The van der Waals surface area contributed by atoms with Crippen LogP contribution in [0.5, 0.6) is 0 Å². The van der Waals surface area contributed by atoms with Gasteiger partial charge in [-0.1, -0.05) is 6.07 Å². The fraction of sp³-hybridized carbons (Fsp3) is 0.211. The van der Waals surface area contributed by atoms with E-state index in [1.54, 1.807) is 14.1 Å². The van der Waals surface area contributed by atoms with Crippen LogP contribution in [0.2, 0.25) is 0 Å². The Morgan fingerprint density at radius 2 is 1.83 bits per heavy atom. The van der Waals surface area contributed by atoms with Crippen molar-refractivity contribution in [2.75, 3.05) is 24.4 Å². The molecule has 1 N–H and O–H groups in total. The molecule has 0 aliphatic rings. The lowest BCUT2D eigenvalue weighted by molar-refractivity contribution is -0.140. The van der Waals surface area contributed by atoms with E-state index in [0.717, 1.165) is 22.9 Å². The second-order valence-corrected chi connectivity index (χ2v) is 6.63. The van der Waals surface area contributed by atoms with E-state index in [0.29, 0.717) is 12.1 Å². The molecule has 0 saturated carbocycles. The molecule has 0 saturated heterocycles. The van der Waals surface area contributed by atoms with E-state index in [1.807, 2.05) is 0 Å². The maximum absolute atomic E-state index is 13.7. The largest absolute Gasteiger partial charge is 0.419 e. The molecule has 1 amide bonds. The summed E-state index contributed by atoms with van der Waals surface area (Å²) in [6, 6.07) is 5.53. The molecule has 30 heavy (non-hydrogen) atoms. The van der Waals surface area contributed by atoms with Gasteiger partial charge < -0.3 is 4.90 Å². The van der Waals surface area contributed by atoms with Crippen LogP contribution in [-0.4, -0.2) is 29.7 Å². The van der Waals surface area contributed by atoms with Crippen LogP contribution in [0, 0.1) is 11.6 Å². The minimum atomic E-state index is -4.86. The summed E-state index contributed by atoms with van der Waals surface area (Å²) in [5, 5.41) is -0.0820. The lowest BCUT2D eigenvalue weighted by atomic mass is 10.1. The van der Waals surface area contributed by atoms with Crippen LogP contribution in [0.1, 0.15) is 11.1 Å². The van der Waals surface area contributed by atoms with Gasteiger partial charge in [0.15, 0.2) is 0 Å². The van der Waals surface area contributed by atoms with Crippen LogP contribution < -0.4 is 15.9 Å². The number of nitrogens with zero attached hydrogens (tertiary/aromatic N) is 3. The van der Waals surface area contributed by atoms with Gasteiger partial charge in [0.1, 0.15) is 11.6 Å². The van der Waals surface area contributed by atoms with Gasteiger partial charge in [0.25, 0.3) is 5.56 Å². The van der Waals surface area contributed by atoms with Gasteiger partial charge in [-0.2, -0.15) is 17.8 Å². The van der Waals surface area contributed by atoms with Crippen LogP contribution in [0.15, 0.2) is 41.2 Å². The second kappa shape index (κ2) is 7.73. The standard InChI is InChI=1S/C19H15F5N4O2/c1-27(2)18-25-15-6-4-11(20)9-12(15)17(30)28(18)26-16(29)8-10-3-5-13(14(21)7-10)19(22,23)24/h3-7,9H,8H2,1-2H3,(H,26,29). The van der Waals surface area contributed by atoms with Crippen molar-refractivity contribution in [2.45, 2.75) is 12.6 Å². The number of anilines is 1. The second-order valence-electron chi connectivity index (χ2n) is 6.63. The SMILES string of the molecule is CN(C)c1nc2ccc(F)cc2c(=O)n1NC(=O)Cc1ccc(C(F)(F)F)c(F)c1. The summed E-state index contributed by atoms with van der Waals surface area (Å²) in [5.41, 5.74) is 0.257. The van der Waals surface area contributed by atoms with Gasteiger partial charge in [0, 0.05) is 14.1 Å². The van der Waals surface area contributed by atoms with Crippen LogP contribution in [0.4, 0.5) is 27.9 Å². The third-order valence-electron chi connectivity index (χ3n) is 4.15. The molecule has 158 valence electrons. The smallest absolute Gasteiger partial charge is 0.347 e. The lowest BCUT2D eigenvalue weighted by Gasteiger charge is -2.19. The molecule has 0 radical (unpaired) electrons. The zero-order valence-electron chi connectivity index (χ0n) is 15.7. The van der Waals surface area contributed by atoms with Crippen molar-refractivity contribution in [1.82, 2.24) is 9.66 Å². The molecule has 0 bridgehead atoms. The van der Waals surface area contributed by atoms with E-state index in [4.69, 9.17) is 0 Å². The molecule has 0 spiro atoms. The fourth-order valence-electron chi connectivity index (χ4n) is 2.79. The predicted octanol–water partition coefficient (Wildman–Crippen LogP) is 3.07. The Kier molecular flexibility index (Phi) is 5.47. The number of carbonyl (C=O) groups excluding carboxylic acids is 1. The molecule has 0 fully saturated rings. The average molecular weight is 426 g/mol. The maximum Gasteiger partial charge on any atom is 0.419 e. The van der Waals surface area contributed by atoms with Crippen LogP contribution >= 0.6 is 0 Å². The molecule has 6 nitrogen and oxygen atoms in total. The summed E-state index contributed by atoms with van der Waals surface area (Å²) in [6.45, 7) is 0. The van der Waals surface area contributed by atoms with Crippen molar-refractivity contribution in [2.24, 2.45) is 0 Å². The van der Waals surface area contributed by atoms with Crippen LogP contribution in [0.3, 0.4) is 0 Å². The van der Waals surface area contributed by atoms with E-state index >= 15 is 0 Å². The summed E-state index contributed by atoms with van der Waals surface area (Å²) in [6.07, 6.45) is -5.36. The van der Waals surface area contributed by atoms with Crippen molar-refractivity contribution >= 4 is 22.8 Å². The number of aromatic nitrogens is 2. The highest BCUT2D eigenvalue weighted by Gasteiger charge is 2.34. The summed E-state index contributed by atoms with van der Waals surface area (Å²) < 4.78 is 66.0. The van der Waals surface area contributed by atoms with Crippen molar-refractivity contribution in [3.63, 3.8) is 0 Å². The number of hydrogen-bond acceptors (Lipinski definition) is 4. The Morgan fingerprint density at radius 1 is 1.13 bits per heavy atom. The van der Waals surface area contributed by atoms with Gasteiger partial charge >= 0.3 is 6.18 Å². The van der Waals surface area contributed by atoms with Gasteiger partial charge in [0.05, 0.1) is 22.9 Å². The molecule has 2 aromatic carbocycles. The third kappa shape index (κ3) is 4.24. The summed E-state index contributed by atoms with van der Waals surface area (Å²) in [7, 11) is 3.12. The van der Waals surface area contributed by atoms with Gasteiger partial charge in [-0.3, -0.25) is 15.0 Å². The van der Waals surface area contributed by atoms with E-state index in [1.165, 1.54) is 11.0 Å². The highest BCUT2D eigenvalue weighted by molar-refractivity contribution is 5.87. The number of carbonyl (C=O) groups is 1. The first-order chi connectivity index (χ1) is 14.0. The zero-order valence-corrected chi connectivity index (χ0v) is 15.7. The number of benzene rings is 2. The number of rotatable bonds is 4. The number of nitrogens with one attached hydrogen (secondary N) is 1. The first kappa shape index (κ1) is 21.2. The molecule has 3 aromatic rings. The normalized spacial score (nSPS) is 11.6. The van der Waals surface area contributed by atoms with E-state index in [-0.39, 0.29) is 22.4 Å². The molecule has 0 aliphatic heterocycles. The molecule has 3 rings (SSSR count). The number of halogens is 5. The Hall–Kier alpha value is -3.50. The van der Waals surface area contributed by atoms with Crippen LogP contribution in [-0.2, 0) is 17.4 Å². The van der Waals surface area contributed by atoms with E-state index in [9.17, 15) is 31.5 Å². The summed E-state index contributed by atoms with van der Waals surface area (Å²) in [5.74, 6) is -2.96. The topological polar surface area (TPSA) is 67.2 Å². The molecule has 11 heteroatoms. The first-order valence-corrected chi connectivity index (χ1v) is 8.52. The number of hydrogen-bond donors (Lipinski definition) is 1. The van der Waals surface area contributed by atoms with E-state index in [2.05, 4.69) is 10.4 Å². The molecule has 0 atom stereocenters. The molecular weight excluding hydrogens is 411 g/mol. The third-order valence-corrected chi connectivity index (χ3v) is 4.15. The van der Waals surface area contributed by atoms with Gasteiger partial charge in [0.2, 0.25) is 11.9 Å². The summed E-state index contributed by atoms with van der Waals surface area (Å²) >= 11 is 0. The Balaban J connectivity index is 1.93. The van der Waals surface area contributed by atoms with Gasteiger partial charge in [-0.05, 0) is 35.9 Å². The van der Waals surface area contributed by atoms with E-state index < -0.39 is 41.3 Å². The lowest BCUT2D eigenvalue weighted by Crippen LogP contribution is -2.38. The monoisotopic (exact) mass is 426 g/mol. The van der Waals surface area contributed by atoms with Crippen LogP contribution in [0.25, 0.3) is 10.9 Å². The number of fused-ring (bicyclic) bond motifs is 1. The van der Waals surface area contributed by atoms with Crippen molar-refractivity contribution in [3.05, 3.63) is 69.5 Å². The molecule has 0 unspecified atom stereocenters. The molecule has 0 aliphatic carbocycles. The van der Waals surface area contributed by atoms with Crippen molar-refractivity contribution in [1.29, 1.82) is 0 Å². The number of alkyl halides is 3. The Morgan fingerprint density at radius 3 is 2.43 bits per heavy atom. The molecular formula is C19H15F5N4O2. The molecule has 1 heterocycles. The zero-order chi connectivity index (χ0) is 22.2. The van der Waals surface area contributed by atoms with Crippen molar-refractivity contribution in [3.8, 4) is 0 Å². The quantitative estimate of drug-likeness (QED) is 0.652. The highest BCUT2D eigenvalue weighted by Crippen LogP contribution is 2.31. The summed E-state index contributed by atoms with van der Waals surface area (Å²) in [4.78, 5) is 30.7. The molecule has 1 aromatic heterocycles. The Labute approximate surface area is 166 Å². The van der Waals surface area contributed by atoms with Gasteiger partial charge in [-0.25, -0.2) is 13.8 Å². The number of amides is 1. The minimum absolute atomic E-state index is 0.0303. The first-order valence-electron chi connectivity index (χ1n) is 8.52. The Bertz CT molecular complexity index is 1190. The van der Waals surface area contributed by atoms with Crippen molar-refractivity contribution < 1.29 is 26.7 Å². The minimum Gasteiger partial charge on any atom is -0.347 e. The predicted molar refractivity (Wildman–Crippen MR) is 99.8 cm³/mol. The average Bonchev–Trinajstić information content (AvgIpc) is 2.63. The van der Waals surface area contributed by atoms with Gasteiger partial charge in [-0.15, -0.1) is 0 Å². The maximum atomic E-state index is 13.7. The fourth-order valence-corrected chi connectivity index (χ4v) is 2.79.